The molecular formula is C10H9N3OS. The van der Waals surface area contributed by atoms with Crippen molar-refractivity contribution < 1.29 is 0 Å². The molecule has 1 aliphatic rings. The van der Waals surface area contributed by atoms with Crippen molar-refractivity contribution in [3.8, 4) is 10.7 Å². The molecule has 2 aromatic rings. The summed E-state index contributed by atoms with van der Waals surface area (Å²) in [4.78, 5) is 20.0. The van der Waals surface area contributed by atoms with E-state index in [4.69, 9.17) is 0 Å². The van der Waals surface area contributed by atoms with Crippen molar-refractivity contribution in [2.45, 2.75) is 13.1 Å². The number of fused-ring (bicyclic) bond motifs is 1. The Morgan fingerprint density at radius 2 is 2.33 bits per heavy atom. The smallest absolute Gasteiger partial charge is 0.255 e. The van der Waals surface area contributed by atoms with Gasteiger partial charge in [-0.25, -0.2) is 4.98 Å². The maximum atomic E-state index is 11.7. The van der Waals surface area contributed by atoms with E-state index in [9.17, 15) is 4.79 Å². The van der Waals surface area contributed by atoms with Crippen LogP contribution < -0.4 is 10.9 Å². The number of aromatic amines is 1. The van der Waals surface area contributed by atoms with Crippen LogP contribution in [-0.4, -0.2) is 9.97 Å². The summed E-state index contributed by atoms with van der Waals surface area (Å²) < 4.78 is 0. The zero-order chi connectivity index (χ0) is 10.3. The molecule has 0 aromatic carbocycles. The van der Waals surface area contributed by atoms with Crippen LogP contribution in [0.1, 0.15) is 11.3 Å². The Morgan fingerprint density at radius 1 is 1.40 bits per heavy atom. The molecule has 2 aromatic heterocycles. The number of hydrogen-bond acceptors (Lipinski definition) is 4. The molecule has 0 saturated carbocycles. The summed E-state index contributed by atoms with van der Waals surface area (Å²) in [5, 5.41) is 5.09. The Morgan fingerprint density at radius 3 is 3.13 bits per heavy atom. The molecule has 0 amide bonds. The van der Waals surface area contributed by atoms with Crippen LogP contribution in [0.5, 0.6) is 0 Å². The summed E-state index contributed by atoms with van der Waals surface area (Å²) >= 11 is 1.58. The highest BCUT2D eigenvalue weighted by atomic mass is 32.1. The van der Waals surface area contributed by atoms with Crippen LogP contribution in [0.25, 0.3) is 10.7 Å². The molecule has 2 N–H and O–H groups in total. The molecule has 0 bridgehead atoms. The first-order chi connectivity index (χ1) is 7.34. The predicted molar refractivity (Wildman–Crippen MR) is 58.7 cm³/mol. The van der Waals surface area contributed by atoms with E-state index in [0.717, 1.165) is 16.1 Å². The first-order valence-corrected chi connectivity index (χ1v) is 5.59. The standard InChI is InChI=1S/C10H9N3OS/c14-10-6-4-11-5-7(6)12-9(13-10)8-2-1-3-15-8/h1-3,11H,4-5H2,(H,12,13,14). The van der Waals surface area contributed by atoms with Crippen molar-refractivity contribution in [2.24, 2.45) is 0 Å². The van der Waals surface area contributed by atoms with Gasteiger partial charge in [-0.05, 0) is 11.4 Å². The van der Waals surface area contributed by atoms with Gasteiger partial charge in [0.25, 0.3) is 5.56 Å². The molecule has 3 rings (SSSR count). The molecule has 0 spiro atoms. The summed E-state index contributed by atoms with van der Waals surface area (Å²) in [7, 11) is 0. The minimum atomic E-state index is -0.0200. The Kier molecular flexibility index (Phi) is 1.93. The third-order valence-electron chi connectivity index (χ3n) is 2.45. The van der Waals surface area contributed by atoms with E-state index in [1.807, 2.05) is 17.5 Å². The third kappa shape index (κ3) is 1.40. The number of H-pyrrole nitrogens is 1. The van der Waals surface area contributed by atoms with E-state index in [-0.39, 0.29) is 5.56 Å². The third-order valence-corrected chi connectivity index (χ3v) is 3.33. The van der Waals surface area contributed by atoms with Crippen LogP contribution in [0, 0.1) is 0 Å². The van der Waals surface area contributed by atoms with Crippen molar-refractivity contribution in [1.82, 2.24) is 15.3 Å². The van der Waals surface area contributed by atoms with Crippen LogP contribution in [-0.2, 0) is 13.1 Å². The summed E-state index contributed by atoms with van der Waals surface area (Å²) in [5.41, 5.74) is 1.63. The van der Waals surface area contributed by atoms with Crippen molar-refractivity contribution in [3.05, 3.63) is 39.1 Å². The Hall–Kier alpha value is -1.46. The summed E-state index contributed by atoms with van der Waals surface area (Å²) in [6, 6.07) is 3.91. The molecule has 0 fully saturated rings. The molecule has 4 nitrogen and oxygen atoms in total. The lowest BCUT2D eigenvalue weighted by molar-refractivity contribution is 0.757. The number of thiophene rings is 1. The van der Waals surface area contributed by atoms with E-state index in [2.05, 4.69) is 15.3 Å². The first kappa shape index (κ1) is 8.82. The van der Waals surface area contributed by atoms with Gasteiger partial charge in [-0.2, -0.15) is 0 Å². The average Bonchev–Trinajstić information content (AvgIpc) is 2.88. The van der Waals surface area contributed by atoms with Gasteiger partial charge >= 0.3 is 0 Å². The molecular weight excluding hydrogens is 210 g/mol. The Labute approximate surface area is 90.0 Å². The second-order valence-corrected chi connectivity index (χ2v) is 4.37. The SMILES string of the molecule is O=c1[nH]c(-c2cccs2)nc2c1CNC2. The molecule has 1 aliphatic heterocycles. The fourth-order valence-electron chi connectivity index (χ4n) is 1.71. The minimum absolute atomic E-state index is 0.0200. The van der Waals surface area contributed by atoms with Gasteiger partial charge in [-0.15, -0.1) is 11.3 Å². The lowest BCUT2D eigenvalue weighted by Crippen LogP contribution is -2.15. The lowest BCUT2D eigenvalue weighted by atomic mass is 10.2. The molecule has 0 unspecified atom stereocenters. The number of aromatic nitrogens is 2. The van der Waals surface area contributed by atoms with Crippen molar-refractivity contribution >= 4 is 11.3 Å². The Bertz CT molecular complexity index is 544. The molecule has 0 radical (unpaired) electrons. The number of nitrogens with one attached hydrogen (secondary N) is 2. The second kappa shape index (κ2) is 3.29. The maximum absolute atomic E-state index is 11.7. The van der Waals surface area contributed by atoms with Crippen molar-refractivity contribution in [3.63, 3.8) is 0 Å². The van der Waals surface area contributed by atoms with Crippen molar-refractivity contribution in [2.75, 3.05) is 0 Å². The van der Waals surface area contributed by atoms with Gasteiger partial charge in [-0.3, -0.25) is 4.79 Å². The molecule has 0 saturated heterocycles. The minimum Gasteiger partial charge on any atom is -0.307 e. The molecule has 0 aliphatic carbocycles. The molecule has 3 heterocycles. The average molecular weight is 219 g/mol. The molecule has 5 heteroatoms. The molecule has 0 atom stereocenters. The normalized spacial score (nSPS) is 14.1. The van der Waals surface area contributed by atoms with Gasteiger partial charge < -0.3 is 10.3 Å². The molecule has 15 heavy (non-hydrogen) atoms. The largest absolute Gasteiger partial charge is 0.307 e. The fourth-order valence-corrected chi connectivity index (χ4v) is 2.38. The van der Waals surface area contributed by atoms with Gasteiger partial charge in [0, 0.05) is 13.1 Å². The highest BCUT2D eigenvalue weighted by molar-refractivity contribution is 7.13. The van der Waals surface area contributed by atoms with Crippen LogP contribution in [0.4, 0.5) is 0 Å². The van der Waals surface area contributed by atoms with Gasteiger partial charge in [0.2, 0.25) is 0 Å². The van der Waals surface area contributed by atoms with E-state index < -0.39 is 0 Å². The fraction of sp³-hybridized carbons (Fsp3) is 0.200. The van der Waals surface area contributed by atoms with Crippen LogP contribution in [0.2, 0.25) is 0 Å². The monoisotopic (exact) mass is 219 g/mol. The van der Waals surface area contributed by atoms with Gasteiger partial charge in [0.05, 0.1) is 16.1 Å². The highest BCUT2D eigenvalue weighted by Crippen LogP contribution is 2.21. The van der Waals surface area contributed by atoms with Crippen LogP contribution >= 0.6 is 11.3 Å². The lowest BCUT2D eigenvalue weighted by Gasteiger charge is -2.00. The van der Waals surface area contributed by atoms with Crippen LogP contribution in [0.15, 0.2) is 22.3 Å². The van der Waals surface area contributed by atoms with Gasteiger partial charge in [0.1, 0.15) is 0 Å². The summed E-state index contributed by atoms with van der Waals surface area (Å²) in [5.74, 6) is 0.678. The maximum Gasteiger partial charge on any atom is 0.255 e. The van der Waals surface area contributed by atoms with Gasteiger partial charge in [0.15, 0.2) is 5.82 Å². The predicted octanol–water partition coefficient (Wildman–Crippen LogP) is 1.10. The highest BCUT2D eigenvalue weighted by Gasteiger charge is 2.17. The zero-order valence-electron chi connectivity index (χ0n) is 7.91. The topological polar surface area (TPSA) is 57.8 Å². The second-order valence-electron chi connectivity index (χ2n) is 3.42. The van der Waals surface area contributed by atoms with Crippen molar-refractivity contribution in [1.29, 1.82) is 0 Å². The quantitative estimate of drug-likeness (QED) is 0.755. The van der Waals surface area contributed by atoms with E-state index in [1.54, 1.807) is 11.3 Å². The van der Waals surface area contributed by atoms with Crippen LogP contribution in [0.3, 0.4) is 0 Å². The van der Waals surface area contributed by atoms with E-state index in [0.29, 0.717) is 18.9 Å². The van der Waals surface area contributed by atoms with E-state index >= 15 is 0 Å². The Balaban J connectivity index is 2.20. The van der Waals surface area contributed by atoms with Gasteiger partial charge in [-0.1, -0.05) is 6.07 Å². The van der Waals surface area contributed by atoms with E-state index in [1.165, 1.54) is 0 Å². The number of rotatable bonds is 1. The zero-order valence-corrected chi connectivity index (χ0v) is 8.73. The number of nitrogens with zero attached hydrogens (tertiary/aromatic N) is 1. The molecule has 76 valence electrons. The summed E-state index contributed by atoms with van der Waals surface area (Å²) in [6.45, 7) is 1.32. The number of hydrogen-bond donors (Lipinski definition) is 2. The summed E-state index contributed by atoms with van der Waals surface area (Å²) in [6.07, 6.45) is 0. The first-order valence-electron chi connectivity index (χ1n) is 4.71.